The van der Waals surface area contributed by atoms with Gasteiger partial charge < -0.3 is 14.6 Å². The summed E-state index contributed by atoms with van der Waals surface area (Å²) in [6.07, 6.45) is 26.3. The van der Waals surface area contributed by atoms with Crippen LogP contribution >= 0.6 is 0 Å². The maximum Gasteiger partial charge on any atom is 0.494 e. The minimum absolute atomic E-state index is 0.273. The summed E-state index contributed by atoms with van der Waals surface area (Å²) >= 11 is 0. The van der Waals surface area contributed by atoms with Crippen molar-refractivity contribution in [3.05, 3.63) is 137 Å². The van der Waals surface area contributed by atoms with E-state index in [1.807, 2.05) is 12.4 Å². The van der Waals surface area contributed by atoms with Gasteiger partial charge in [-0.25, -0.2) is 0 Å². The lowest BCUT2D eigenvalue weighted by Gasteiger charge is -2.32. The molecule has 0 spiro atoms. The Bertz CT molecular complexity index is 1720. The number of aliphatic imine (C=N–C) groups is 1. The normalized spacial score (nSPS) is 25.2. The van der Waals surface area contributed by atoms with E-state index in [-0.39, 0.29) is 24.2 Å². The van der Waals surface area contributed by atoms with Crippen LogP contribution in [0, 0.1) is 5.92 Å². The standard InChI is InChI=1S/C40H43BN2O2/c1-39(2)40(3,4)45-41(44-39)38-17-7-14-32(25-38)37-23-35(30-12-5-10-28(20-30)33-15-8-18-42-26-33)22-36(24-37)31-13-6-11-29(21-31)34-16-9-19-43-27-34/h5-8,10-15,17-20,22,24-25,27,31,35,42H,9,16,21,23,26H2,1-4H3. The lowest BCUT2D eigenvalue weighted by atomic mass is 9.74. The van der Waals surface area contributed by atoms with Crippen LogP contribution in [0.1, 0.15) is 76.0 Å². The highest BCUT2D eigenvalue weighted by Gasteiger charge is 2.51. The van der Waals surface area contributed by atoms with Crippen molar-refractivity contribution >= 4 is 29.9 Å². The van der Waals surface area contributed by atoms with E-state index in [9.17, 15) is 0 Å². The first-order valence-electron chi connectivity index (χ1n) is 16.4. The Kier molecular flexibility index (Phi) is 8.01. The second-order valence-corrected chi connectivity index (χ2v) is 13.8. The Labute approximate surface area is 268 Å². The molecule has 2 aromatic rings. The van der Waals surface area contributed by atoms with E-state index in [4.69, 9.17) is 9.31 Å². The number of allylic oxidation sites excluding steroid dienone is 11. The Morgan fingerprint density at radius 2 is 1.58 bits per heavy atom. The van der Waals surface area contributed by atoms with Gasteiger partial charge in [-0.2, -0.15) is 0 Å². The minimum Gasteiger partial charge on any atom is -0.399 e. The zero-order valence-electron chi connectivity index (χ0n) is 26.9. The van der Waals surface area contributed by atoms with Crippen LogP contribution < -0.4 is 10.8 Å². The fourth-order valence-corrected chi connectivity index (χ4v) is 6.87. The quantitative estimate of drug-likeness (QED) is 0.343. The molecule has 228 valence electrons. The maximum atomic E-state index is 6.44. The first-order chi connectivity index (χ1) is 21.8. The number of hydrogen-bond donors (Lipinski definition) is 1. The Hall–Kier alpha value is -3.93. The van der Waals surface area contributed by atoms with Crippen molar-refractivity contribution in [3.63, 3.8) is 0 Å². The molecule has 1 fully saturated rings. The molecular weight excluding hydrogens is 551 g/mol. The first-order valence-corrected chi connectivity index (χ1v) is 16.4. The Morgan fingerprint density at radius 1 is 0.822 bits per heavy atom. The maximum absolute atomic E-state index is 6.44. The summed E-state index contributed by atoms with van der Waals surface area (Å²) in [4.78, 5) is 4.47. The molecule has 2 unspecified atom stereocenters. The van der Waals surface area contributed by atoms with Crippen molar-refractivity contribution in [2.24, 2.45) is 10.9 Å². The molecule has 2 aliphatic carbocycles. The third-order valence-corrected chi connectivity index (χ3v) is 10.2. The first kappa shape index (κ1) is 29.8. The van der Waals surface area contributed by atoms with Gasteiger partial charge in [0.25, 0.3) is 0 Å². The highest BCUT2D eigenvalue weighted by Crippen LogP contribution is 2.42. The molecule has 4 nitrogen and oxygen atoms in total. The van der Waals surface area contributed by atoms with Crippen molar-refractivity contribution in [3.8, 4) is 0 Å². The van der Waals surface area contributed by atoms with Gasteiger partial charge in [-0.05, 0) is 116 Å². The largest absolute Gasteiger partial charge is 0.494 e. The zero-order valence-corrected chi connectivity index (χ0v) is 26.9. The van der Waals surface area contributed by atoms with Crippen LogP contribution in [0.4, 0.5) is 0 Å². The van der Waals surface area contributed by atoms with Gasteiger partial charge in [-0.3, -0.25) is 4.99 Å². The third-order valence-electron chi connectivity index (χ3n) is 10.2. The van der Waals surface area contributed by atoms with Gasteiger partial charge in [-0.15, -0.1) is 0 Å². The number of benzene rings is 2. The minimum atomic E-state index is -0.381. The molecule has 0 aromatic heterocycles. The topological polar surface area (TPSA) is 42.8 Å². The molecule has 0 amide bonds. The monoisotopic (exact) mass is 594 g/mol. The Balaban J connectivity index is 1.23. The summed E-state index contributed by atoms with van der Waals surface area (Å²) in [5.74, 6) is 0.592. The van der Waals surface area contributed by atoms with E-state index in [2.05, 4.69) is 135 Å². The SMILES string of the molecule is CC1(C)OB(c2cccc(C3=CC(C4C=CC=C(C5=CN=CCC5)C4)=CC(c4cccc(C5=CC=CNC5)c4)C3)c2)OC1(C)C. The van der Waals surface area contributed by atoms with Gasteiger partial charge in [0.15, 0.2) is 0 Å². The van der Waals surface area contributed by atoms with E-state index in [1.165, 1.54) is 44.6 Å². The molecule has 2 atom stereocenters. The smallest absolute Gasteiger partial charge is 0.399 e. The molecule has 5 heteroatoms. The molecule has 45 heavy (non-hydrogen) atoms. The van der Waals surface area contributed by atoms with Gasteiger partial charge in [0.1, 0.15) is 0 Å². The average Bonchev–Trinajstić information content (AvgIpc) is 3.31. The lowest BCUT2D eigenvalue weighted by Crippen LogP contribution is -2.41. The van der Waals surface area contributed by atoms with Crippen molar-refractivity contribution in [1.29, 1.82) is 0 Å². The summed E-state index contributed by atoms with van der Waals surface area (Å²) in [6, 6.07) is 17.9. The van der Waals surface area contributed by atoms with Crippen LogP contribution in [-0.4, -0.2) is 31.1 Å². The molecule has 0 saturated carbocycles. The van der Waals surface area contributed by atoms with E-state index in [0.29, 0.717) is 5.92 Å². The van der Waals surface area contributed by atoms with Crippen LogP contribution in [0.15, 0.2) is 125 Å². The molecule has 5 aliphatic rings. The van der Waals surface area contributed by atoms with Crippen LogP contribution in [0.25, 0.3) is 11.1 Å². The molecule has 1 N–H and O–H groups in total. The van der Waals surface area contributed by atoms with Gasteiger partial charge in [0.05, 0.1) is 11.2 Å². The lowest BCUT2D eigenvalue weighted by molar-refractivity contribution is 0.00578. The number of nitrogens with zero attached hydrogens (tertiary/aromatic N) is 1. The van der Waals surface area contributed by atoms with E-state index in [0.717, 1.165) is 37.7 Å². The fraction of sp³-hybridized carbons (Fsp3) is 0.325. The predicted molar refractivity (Wildman–Crippen MR) is 188 cm³/mol. The van der Waals surface area contributed by atoms with Gasteiger partial charge >= 0.3 is 7.12 Å². The summed E-state index contributed by atoms with van der Waals surface area (Å²) in [6.45, 7) is 9.30. The summed E-state index contributed by atoms with van der Waals surface area (Å²) < 4.78 is 12.9. The average molecular weight is 595 g/mol. The molecule has 3 heterocycles. The van der Waals surface area contributed by atoms with Gasteiger partial charge in [0, 0.05) is 30.8 Å². The number of nitrogens with one attached hydrogen (secondary N) is 1. The van der Waals surface area contributed by atoms with Crippen molar-refractivity contribution in [2.75, 3.05) is 6.54 Å². The van der Waals surface area contributed by atoms with Crippen LogP contribution in [0.3, 0.4) is 0 Å². The summed E-state index contributed by atoms with van der Waals surface area (Å²) in [5, 5.41) is 3.36. The predicted octanol–water partition coefficient (Wildman–Crippen LogP) is 8.23. The molecule has 7 rings (SSSR count). The van der Waals surface area contributed by atoms with Crippen molar-refractivity contribution in [1.82, 2.24) is 5.32 Å². The zero-order chi connectivity index (χ0) is 31.0. The van der Waals surface area contributed by atoms with Crippen molar-refractivity contribution in [2.45, 2.75) is 70.5 Å². The Morgan fingerprint density at radius 3 is 2.33 bits per heavy atom. The summed E-state index contributed by atoms with van der Waals surface area (Å²) in [5.41, 5.74) is 11.0. The van der Waals surface area contributed by atoms with E-state index < -0.39 is 0 Å². The highest BCUT2D eigenvalue weighted by atomic mass is 16.7. The van der Waals surface area contributed by atoms with Crippen molar-refractivity contribution < 1.29 is 9.31 Å². The highest BCUT2D eigenvalue weighted by molar-refractivity contribution is 6.62. The van der Waals surface area contributed by atoms with Crippen LogP contribution in [0.5, 0.6) is 0 Å². The number of rotatable bonds is 6. The van der Waals surface area contributed by atoms with E-state index >= 15 is 0 Å². The number of dihydropyridines is 1. The van der Waals surface area contributed by atoms with E-state index in [1.54, 1.807) is 0 Å². The van der Waals surface area contributed by atoms with Gasteiger partial charge in [0.2, 0.25) is 0 Å². The molecule has 1 saturated heterocycles. The molecule has 0 radical (unpaired) electrons. The fourth-order valence-electron chi connectivity index (χ4n) is 6.87. The summed E-state index contributed by atoms with van der Waals surface area (Å²) in [7, 11) is -0.381. The second kappa shape index (κ2) is 12.1. The van der Waals surface area contributed by atoms with Gasteiger partial charge in [-0.1, -0.05) is 85.0 Å². The molecular formula is C40H43BN2O2. The third kappa shape index (κ3) is 6.17. The number of hydrogen-bond acceptors (Lipinski definition) is 4. The molecule has 3 aliphatic heterocycles. The second-order valence-electron chi connectivity index (χ2n) is 13.8. The van der Waals surface area contributed by atoms with Crippen LogP contribution in [-0.2, 0) is 9.31 Å². The molecule has 0 bridgehead atoms. The van der Waals surface area contributed by atoms with Crippen LogP contribution in [0.2, 0.25) is 0 Å². The molecule has 2 aromatic carbocycles.